The topological polar surface area (TPSA) is 94.5 Å². The summed E-state index contributed by atoms with van der Waals surface area (Å²) in [5.41, 5.74) is 6.80. The van der Waals surface area contributed by atoms with Gasteiger partial charge < -0.3 is 19.9 Å². The van der Waals surface area contributed by atoms with Crippen LogP contribution in [0.3, 0.4) is 0 Å². The molecule has 0 radical (unpaired) electrons. The van der Waals surface area contributed by atoms with Crippen LogP contribution in [-0.2, 0) is 9.53 Å². The Kier molecular flexibility index (Phi) is 6.92. The minimum absolute atomic E-state index is 0. The molecule has 0 spiro atoms. The number of nitrogens with two attached hydrogens (primary N) is 1. The summed E-state index contributed by atoms with van der Waals surface area (Å²) in [4.78, 5) is 18.8. The number of carbonyl (C=O) groups is 1. The summed E-state index contributed by atoms with van der Waals surface area (Å²) in [6.07, 6.45) is 2.75. The summed E-state index contributed by atoms with van der Waals surface area (Å²) in [7, 11) is 1.53. The molecule has 1 saturated heterocycles. The van der Waals surface area contributed by atoms with Crippen molar-refractivity contribution in [2.24, 2.45) is 5.73 Å². The normalized spacial score (nSPS) is 18.5. The van der Waals surface area contributed by atoms with Crippen molar-refractivity contribution in [1.29, 1.82) is 0 Å². The van der Waals surface area contributed by atoms with Crippen molar-refractivity contribution < 1.29 is 14.1 Å². The average Bonchev–Trinajstić information content (AvgIpc) is 3.12. The Balaban J connectivity index is 0.00000225. The van der Waals surface area contributed by atoms with Gasteiger partial charge in [0.15, 0.2) is 0 Å². The van der Waals surface area contributed by atoms with E-state index in [1.165, 1.54) is 7.11 Å². The second kappa shape index (κ2) is 8.94. The number of amides is 1. The standard InChI is InChI=1S/C17H22N4O3.ClH/c1-23-11-13(18)17(22)21-10-6-5-9-14(21)16-19-15(20-24-16)12-7-3-2-4-8-12;/h2-4,7-8,13-14H,5-6,9-11,18H2,1H3;1H. The number of likely N-dealkylation sites (tertiary alicyclic amines) is 1. The lowest BCUT2D eigenvalue weighted by atomic mass is 10.0. The number of nitrogens with zero attached hydrogens (tertiary/aromatic N) is 3. The Bertz CT molecular complexity index is 680. The number of aromatic nitrogens is 2. The molecule has 1 aromatic carbocycles. The van der Waals surface area contributed by atoms with E-state index in [0.717, 1.165) is 24.8 Å². The number of rotatable bonds is 5. The molecule has 7 nitrogen and oxygen atoms in total. The molecule has 1 fully saturated rings. The Labute approximate surface area is 152 Å². The van der Waals surface area contributed by atoms with E-state index in [1.54, 1.807) is 4.90 Å². The Morgan fingerprint density at radius 3 is 2.88 bits per heavy atom. The average molecular weight is 367 g/mol. The molecule has 0 saturated carbocycles. The fourth-order valence-electron chi connectivity index (χ4n) is 2.99. The maximum absolute atomic E-state index is 12.6. The molecular formula is C17H23ClN4O3. The lowest BCUT2D eigenvalue weighted by Crippen LogP contribution is -2.49. The first-order valence-corrected chi connectivity index (χ1v) is 8.14. The summed E-state index contributed by atoms with van der Waals surface area (Å²) in [6.45, 7) is 0.838. The van der Waals surface area contributed by atoms with Gasteiger partial charge in [-0.25, -0.2) is 0 Å². The van der Waals surface area contributed by atoms with Gasteiger partial charge in [-0.15, -0.1) is 12.4 Å². The highest BCUT2D eigenvalue weighted by Gasteiger charge is 2.34. The van der Waals surface area contributed by atoms with Gasteiger partial charge in [-0.1, -0.05) is 35.5 Å². The Hall–Kier alpha value is -1.96. The van der Waals surface area contributed by atoms with Gasteiger partial charge >= 0.3 is 0 Å². The maximum Gasteiger partial charge on any atom is 0.249 e. The molecule has 25 heavy (non-hydrogen) atoms. The zero-order valence-electron chi connectivity index (χ0n) is 14.1. The van der Waals surface area contributed by atoms with E-state index in [0.29, 0.717) is 18.3 Å². The van der Waals surface area contributed by atoms with Crippen LogP contribution in [0.5, 0.6) is 0 Å². The molecule has 1 aliphatic rings. The summed E-state index contributed by atoms with van der Waals surface area (Å²) < 4.78 is 10.4. The van der Waals surface area contributed by atoms with Crippen LogP contribution in [0, 0.1) is 0 Å². The molecule has 2 atom stereocenters. The largest absolute Gasteiger partial charge is 0.383 e. The molecule has 1 aliphatic heterocycles. The van der Waals surface area contributed by atoms with Crippen LogP contribution in [0.1, 0.15) is 31.2 Å². The van der Waals surface area contributed by atoms with Crippen LogP contribution >= 0.6 is 12.4 Å². The quantitative estimate of drug-likeness (QED) is 0.871. The third kappa shape index (κ3) is 4.36. The van der Waals surface area contributed by atoms with Crippen LogP contribution in [-0.4, -0.2) is 47.3 Å². The summed E-state index contributed by atoms with van der Waals surface area (Å²) in [6, 6.07) is 8.73. The van der Waals surface area contributed by atoms with Gasteiger partial charge in [0, 0.05) is 19.2 Å². The maximum atomic E-state index is 12.6. The van der Waals surface area contributed by atoms with Gasteiger partial charge in [0.1, 0.15) is 12.1 Å². The van der Waals surface area contributed by atoms with Gasteiger partial charge in [0.25, 0.3) is 0 Å². The molecule has 2 aromatic rings. The van der Waals surface area contributed by atoms with Crippen molar-refractivity contribution in [2.45, 2.75) is 31.3 Å². The van der Waals surface area contributed by atoms with E-state index in [9.17, 15) is 4.79 Å². The van der Waals surface area contributed by atoms with Crippen molar-refractivity contribution in [3.05, 3.63) is 36.2 Å². The van der Waals surface area contributed by atoms with Crippen LogP contribution < -0.4 is 5.73 Å². The zero-order chi connectivity index (χ0) is 16.9. The minimum Gasteiger partial charge on any atom is -0.383 e. The van der Waals surface area contributed by atoms with E-state index in [-0.39, 0.29) is 31.0 Å². The van der Waals surface area contributed by atoms with Crippen molar-refractivity contribution in [3.63, 3.8) is 0 Å². The number of hydrogen-bond donors (Lipinski definition) is 1. The lowest BCUT2D eigenvalue weighted by Gasteiger charge is -2.34. The summed E-state index contributed by atoms with van der Waals surface area (Å²) in [5.74, 6) is 0.859. The number of carbonyl (C=O) groups excluding carboxylic acids is 1. The van der Waals surface area contributed by atoms with E-state index >= 15 is 0 Å². The second-order valence-electron chi connectivity index (χ2n) is 5.93. The lowest BCUT2D eigenvalue weighted by molar-refractivity contribution is -0.138. The molecule has 136 valence electrons. The van der Waals surface area contributed by atoms with Gasteiger partial charge in [0.2, 0.25) is 17.6 Å². The van der Waals surface area contributed by atoms with Crippen LogP contribution in [0.15, 0.2) is 34.9 Å². The predicted molar refractivity (Wildman–Crippen MR) is 95.1 cm³/mol. The molecule has 2 heterocycles. The van der Waals surface area contributed by atoms with Gasteiger partial charge in [-0.05, 0) is 19.3 Å². The van der Waals surface area contributed by atoms with Crippen molar-refractivity contribution in [1.82, 2.24) is 15.0 Å². The minimum atomic E-state index is -0.674. The predicted octanol–water partition coefficient (Wildman–Crippen LogP) is 2.19. The number of halogens is 1. The molecule has 3 rings (SSSR count). The SMILES string of the molecule is COCC(N)C(=O)N1CCCCC1c1nc(-c2ccccc2)no1.Cl. The number of piperidine rings is 1. The Morgan fingerprint density at radius 1 is 1.40 bits per heavy atom. The molecule has 8 heteroatoms. The van der Waals surface area contributed by atoms with E-state index in [1.807, 2.05) is 30.3 Å². The smallest absolute Gasteiger partial charge is 0.249 e. The van der Waals surface area contributed by atoms with Gasteiger partial charge in [-0.3, -0.25) is 4.79 Å². The van der Waals surface area contributed by atoms with Gasteiger partial charge in [-0.2, -0.15) is 4.98 Å². The van der Waals surface area contributed by atoms with Crippen molar-refractivity contribution in [3.8, 4) is 11.4 Å². The monoisotopic (exact) mass is 366 g/mol. The Morgan fingerprint density at radius 2 is 2.16 bits per heavy atom. The first kappa shape index (κ1) is 19.4. The number of hydrogen-bond acceptors (Lipinski definition) is 6. The van der Waals surface area contributed by atoms with E-state index in [2.05, 4.69) is 10.1 Å². The number of methoxy groups -OCH3 is 1. The first-order valence-electron chi connectivity index (χ1n) is 8.14. The van der Waals surface area contributed by atoms with E-state index in [4.69, 9.17) is 15.0 Å². The molecule has 0 bridgehead atoms. The second-order valence-corrected chi connectivity index (χ2v) is 5.93. The first-order chi connectivity index (χ1) is 11.7. The van der Waals surface area contributed by atoms with Crippen LogP contribution in [0.4, 0.5) is 0 Å². The van der Waals surface area contributed by atoms with Gasteiger partial charge in [0.05, 0.1) is 6.61 Å². The molecular weight excluding hydrogens is 344 g/mol. The van der Waals surface area contributed by atoms with Crippen LogP contribution in [0.2, 0.25) is 0 Å². The fourth-order valence-corrected chi connectivity index (χ4v) is 2.99. The highest BCUT2D eigenvalue weighted by atomic mass is 35.5. The molecule has 2 N–H and O–H groups in total. The van der Waals surface area contributed by atoms with Crippen molar-refractivity contribution >= 4 is 18.3 Å². The van der Waals surface area contributed by atoms with Crippen molar-refractivity contribution in [2.75, 3.05) is 20.3 Å². The van der Waals surface area contributed by atoms with Crippen LogP contribution in [0.25, 0.3) is 11.4 Å². The molecule has 0 aliphatic carbocycles. The third-order valence-electron chi connectivity index (χ3n) is 4.21. The zero-order valence-corrected chi connectivity index (χ0v) is 14.9. The molecule has 1 amide bonds. The van der Waals surface area contributed by atoms with E-state index < -0.39 is 6.04 Å². The highest BCUT2D eigenvalue weighted by Crippen LogP contribution is 2.31. The highest BCUT2D eigenvalue weighted by molar-refractivity contribution is 5.85. The number of ether oxygens (including phenoxy) is 1. The number of benzene rings is 1. The molecule has 2 unspecified atom stereocenters. The summed E-state index contributed by atoms with van der Waals surface area (Å²) in [5, 5.41) is 4.06. The molecule has 1 aromatic heterocycles. The fraction of sp³-hybridized carbons (Fsp3) is 0.471. The third-order valence-corrected chi connectivity index (χ3v) is 4.21. The summed E-state index contributed by atoms with van der Waals surface area (Å²) >= 11 is 0.